The Labute approximate surface area is 129 Å². The summed E-state index contributed by atoms with van der Waals surface area (Å²) < 4.78 is 61.2. The molecule has 130 valence electrons. The average Bonchev–Trinajstić information content (AvgIpc) is 2.78. The minimum absolute atomic E-state index is 1.17. The summed E-state index contributed by atoms with van der Waals surface area (Å²) in [5.41, 5.74) is -5.65. The largest absolute Gasteiger partial charge is 0.741 e. The predicted octanol–water partition coefficient (Wildman–Crippen LogP) is 3.02. The van der Waals surface area contributed by atoms with Crippen LogP contribution in [0.3, 0.4) is 0 Å². The topological polar surface area (TPSA) is 76.9 Å². The van der Waals surface area contributed by atoms with Crippen LogP contribution < -0.4 is 4.57 Å². The Kier molecular flexibility index (Phi) is 9.34. The summed E-state index contributed by atoms with van der Waals surface area (Å²) in [6, 6.07) is 0. The maximum absolute atomic E-state index is 10.7. The van der Waals surface area contributed by atoms with E-state index < -0.39 is 15.6 Å². The van der Waals surface area contributed by atoms with Crippen LogP contribution in [0.25, 0.3) is 0 Å². The molecule has 22 heavy (non-hydrogen) atoms. The molecule has 0 radical (unpaired) electrons. The highest BCUT2D eigenvalue weighted by Gasteiger charge is 2.36. The third-order valence-corrected chi connectivity index (χ3v) is 3.58. The maximum atomic E-state index is 10.7. The highest BCUT2D eigenvalue weighted by Crippen LogP contribution is 2.20. The first-order valence-electron chi connectivity index (χ1n) is 7.15. The number of H-pyrrole nitrogens is 1. The molecule has 1 rings (SSSR count). The molecule has 0 amide bonds. The summed E-state index contributed by atoms with van der Waals surface area (Å²) in [6.07, 6.45) is 12.4. The quantitative estimate of drug-likeness (QED) is 0.357. The number of aryl methyl sites for hydroxylation is 2. The summed E-state index contributed by atoms with van der Waals surface area (Å²) >= 11 is 0. The third-order valence-electron chi connectivity index (χ3n) is 3.01. The van der Waals surface area contributed by atoms with Crippen LogP contribution in [0.5, 0.6) is 0 Å². The zero-order chi connectivity index (χ0) is 17.2. The molecular weight excluding hydrogens is 321 g/mol. The van der Waals surface area contributed by atoms with Gasteiger partial charge in [-0.05, 0) is 12.8 Å². The van der Waals surface area contributed by atoms with E-state index in [1.54, 1.807) is 0 Å². The number of unbranched alkanes of at least 4 members (excludes halogenated alkanes) is 5. The fraction of sp³-hybridized carbons (Fsp3) is 0.769. The predicted molar refractivity (Wildman–Crippen MR) is 74.9 cm³/mol. The first kappa shape index (κ1) is 20.9. The van der Waals surface area contributed by atoms with Gasteiger partial charge in [0.05, 0.1) is 6.54 Å². The number of hydrogen-bond acceptors (Lipinski definition) is 3. The third kappa shape index (κ3) is 9.04. The van der Waals surface area contributed by atoms with E-state index in [2.05, 4.69) is 29.6 Å². The van der Waals surface area contributed by atoms with E-state index in [1.165, 1.54) is 50.9 Å². The van der Waals surface area contributed by atoms with Gasteiger partial charge in [-0.25, -0.2) is 18.0 Å². The van der Waals surface area contributed by atoms with Crippen LogP contribution in [-0.2, 0) is 16.7 Å². The van der Waals surface area contributed by atoms with Gasteiger partial charge in [-0.15, -0.1) is 0 Å². The number of aromatic amines is 1. The molecule has 5 nitrogen and oxygen atoms in total. The van der Waals surface area contributed by atoms with Gasteiger partial charge in [0.15, 0.2) is 10.1 Å². The van der Waals surface area contributed by atoms with Crippen molar-refractivity contribution in [3.63, 3.8) is 0 Å². The minimum Gasteiger partial charge on any atom is -0.741 e. The van der Waals surface area contributed by atoms with Crippen LogP contribution in [0, 0.1) is 6.92 Å². The van der Waals surface area contributed by atoms with E-state index in [0.29, 0.717) is 0 Å². The minimum atomic E-state index is -6.09. The van der Waals surface area contributed by atoms with Crippen molar-refractivity contribution in [1.29, 1.82) is 0 Å². The van der Waals surface area contributed by atoms with Crippen molar-refractivity contribution < 1.29 is 30.7 Å². The second-order valence-corrected chi connectivity index (χ2v) is 6.28. The fourth-order valence-electron chi connectivity index (χ4n) is 1.75. The molecule has 0 atom stereocenters. The number of aromatic nitrogens is 2. The zero-order valence-corrected chi connectivity index (χ0v) is 13.6. The smallest absolute Gasteiger partial charge is 0.485 e. The lowest BCUT2D eigenvalue weighted by Crippen LogP contribution is -2.34. The second kappa shape index (κ2) is 9.83. The highest BCUT2D eigenvalue weighted by atomic mass is 32.2. The van der Waals surface area contributed by atoms with Crippen molar-refractivity contribution in [1.82, 2.24) is 4.98 Å². The molecule has 0 bridgehead atoms. The van der Waals surface area contributed by atoms with E-state index in [4.69, 9.17) is 13.0 Å². The summed E-state index contributed by atoms with van der Waals surface area (Å²) in [6.45, 7) is 5.55. The second-order valence-electron chi connectivity index (χ2n) is 4.91. The van der Waals surface area contributed by atoms with Gasteiger partial charge in [-0.2, -0.15) is 13.2 Å². The van der Waals surface area contributed by atoms with Gasteiger partial charge in [0, 0.05) is 6.92 Å². The Bertz CT molecular complexity index is 513. The van der Waals surface area contributed by atoms with Crippen molar-refractivity contribution in [3.05, 3.63) is 18.2 Å². The SMILES string of the molecule is CCCCCCCC[n+]1cc[nH]c1C.O=S(=O)([O-])C(F)(F)F. The molecule has 0 spiro atoms. The monoisotopic (exact) mass is 344 g/mol. The lowest BCUT2D eigenvalue weighted by Gasteiger charge is -2.08. The van der Waals surface area contributed by atoms with Crippen LogP contribution in [0.15, 0.2) is 12.4 Å². The fourth-order valence-corrected chi connectivity index (χ4v) is 1.75. The van der Waals surface area contributed by atoms with Gasteiger partial charge in [0.2, 0.25) is 0 Å². The number of rotatable bonds is 7. The standard InChI is InChI=1S/C12H22N2.CHF3O3S/c1-3-4-5-6-7-8-10-14-11-9-13-12(14)2;2-1(3,4)8(5,6)7/h9,11H,3-8,10H2,1-2H3;(H,5,6,7). The van der Waals surface area contributed by atoms with Crippen LogP contribution in [0.2, 0.25) is 0 Å². The summed E-state index contributed by atoms with van der Waals surface area (Å²) in [5.74, 6) is 1.26. The first-order chi connectivity index (χ1) is 10.1. The molecule has 1 aromatic heterocycles. The molecule has 0 aromatic carbocycles. The molecule has 0 saturated heterocycles. The summed E-state index contributed by atoms with van der Waals surface area (Å²) in [7, 11) is -6.09. The molecule has 9 heteroatoms. The Morgan fingerprint density at radius 2 is 1.68 bits per heavy atom. The highest BCUT2D eigenvalue weighted by molar-refractivity contribution is 7.86. The van der Waals surface area contributed by atoms with E-state index in [9.17, 15) is 13.2 Å². The van der Waals surface area contributed by atoms with Crippen LogP contribution in [-0.4, -0.2) is 23.5 Å². The molecule has 0 saturated carbocycles. The molecular formula is C13H23F3N2O3S. The number of nitrogens with zero attached hydrogens (tertiary/aromatic N) is 1. The Morgan fingerprint density at radius 3 is 2.09 bits per heavy atom. The molecule has 1 N–H and O–H groups in total. The van der Waals surface area contributed by atoms with Crippen molar-refractivity contribution in [2.75, 3.05) is 0 Å². The molecule has 1 aromatic rings. The van der Waals surface area contributed by atoms with Crippen molar-refractivity contribution in [3.8, 4) is 0 Å². The van der Waals surface area contributed by atoms with E-state index in [1.807, 2.05) is 6.20 Å². The van der Waals surface area contributed by atoms with Gasteiger partial charge in [-0.3, -0.25) is 0 Å². The molecule has 0 aliphatic heterocycles. The van der Waals surface area contributed by atoms with Crippen LogP contribution in [0.4, 0.5) is 13.2 Å². The molecule has 0 fully saturated rings. The van der Waals surface area contributed by atoms with Crippen molar-refractivity contribution in [2.24, 2.45) is 0 Å². The number of hydrogen-bond donors (Lipinski definition) is 1. The Balaban J connectivity index is 0.000000472. The number of nitrogens with one attached hydrogen (secondary N) is 1. The van der Waals surface area contributed by atoms with Crippen molar-refractivity contribution >= 4 is 10.1 Å². The van der Waals surface area contributed by atoms with Gasteiger partial charge < -0.3 is 4.55 Å². The van der Waals surface area contributed by atoms with Gasteiger partial charge in [0.1, 0.15) is 12.4 Å². The number of alkyl halides is 3. The normalized spacial score (nSPS) is 11.9. The van der Waals surface area contributed by atoms with E-state index >= 15 is 0 Å². The van der Waals surface area contributed by atoms with Gasteiger partial charge in [-0.1, -0.05) is 32.6 Å². The number of imidazole rings is 1. The van der Waals surface area contributed by atoms with E-state index in [-0.39, 0.29) is 0 Å². The van der Waals surface area contributed by atoms with E-state index in [0.717, 1.165) is 0 Å². The van der Waals surface area contributed by atoms with Crippen LogP contribution >= 0.6 is 0 Å². The lowest BCUT2D eigenvalue weighted by atomic mass is 10.1. The van der Waals surface area contributed by atoms with Gasteiger partial charge >= 0.3 is 5.51 Å². The van der Waals surface area contributed by atoms with Gasteiger partial charge in [0.25, 0.3) is 5.82 Å². The maximum Gasteiger partial charge on any atom is 0.485 e. The average molecular weight is 344 g/mol. The summed E-state index contributed by atoms with van der Waals surface area (Å²) in [5, 5.41) is 0. The Hall–Kier alpha value is -1.09. The van der Waals surface area contributed by atoms with Crippen molar-refractivity contribution in [2.45, 2.75) is 64.4 Å². The zero-order valence-electron chi connectivity index (χ0n) is 12.8. The molecule has 1 heterocycles. The first-order valence-corrected chi connectivity index (χ1v) is 8.56. The van der Waals surface area contributed by atoms with Crippen LogP contribution in [0.1, 0.15) is 51.3 Å². The number of halogens is 3. The lowest BCUT2D eigenvalue weighted by molar-refractivity contribution is -0.702. The molecule has 0 aliphatic carbocycles. The Morgan fingerprint density at radius 1 is 1.18 bits per heavy atom. The summed E-state index contributed by atoms with van der Waals surface area (Å²) in [4.78, 5) is 3.19. The molecule has 0 unspecified atom stereocenters. The molecule has 0 aliphatic rings.